The number of hydrogen-bond acceptors (Lipinski definition) is 3. The van der Waals surface area contributed by atoms with Crippen molar-refractivity contribution in [3.63, 3.8) is 0 Å². The Labute approximate surface area is 103 Å². The predicted octanol–water partition coefficient (Wildman–Crippen LogP) is 1.90. The fourth-order valence-electron chi connectivity index (χ4n) is 1.51. The molecular weight excluding hydrogens is 220 g/mol. The molecule has 2 N–H and O–H groups in total. The zero-order valence-corrected chi connectivity index (χ0v) is 11.3. The quantitative estimate of drug-likeness (QED) is 0.707. The molecule has 0 aliphatic carbocycles. The fourth-order valence-corrected chi connectivity index (χ4v) is 1.51. The van der Waals surface area contributed by atoms with E-state index in [-0.39, 0.29) is 5.91 Å². The third-order valence-electron chi connectivity index (χ3n) is 2.21. The highest BCUT2D eigenvalue weighted by molar-refractivity contribution is 5.73. The van der Waals surface area contributed by atoms with Crippen LogP contribution < -0.4 is 5.73 Å². The lowest BCUT2D eigenvalue weighted by molar-refractivity contribution is -0.129. The van der Waals surface area contributed by atoms with Crippen molar-refractivity contribution in [1.29, 1.82) is 0 Å². The van der Waals surface area contributed by atoms with Crippen LogP contribution in [0.3, 0.4) is 0 Å². The second-order valence-electron chi connectivity index (χ2n) is 5.10. The van der Waals surface area contributed by atoms with Crippen molar-refractivity contribution in [2.75, 3.05) is 13.1 Å². The minimum Gasteiger partial charge on any atom is -0.444 e. The largest absolute Gasteiger partial charge is 0.444 e. The molecule has 0 spiro atoms. The summed E-state index contributed by atoms with van der Waals surface area (Å²) in [4.78, 5) is 22.7. The van der Waals surface area contributed by atoms with E-state index < -0.39 is 11.7 Å². The van der Waals surface area contributed by atoms with Gasteiger partial charge in [0, 0.05) is 20.0 Å². The molecule has 5 nitrogen and oxygen atoms in total. The number of nitrogens with two attached hydrogens (primary N) is 1. The SMILES string of the molecule is CC(=O)N1CCCCC1.CC(C)(C)OC(N)=O. The van der Waals surface area contributed by atoms with E-state index in [0.717, 1.165) is 13.1 Å². The number of amides is 2. The van der Waals surface area contributed by atoms with Gasteiger partial charge in [0.25, 0.3) is 0 Å². The van der Waals surface area contributed by atoms with E-state index in [1.165, 1.54) is 19.3 Å². The van der Waals surface area contributed by atoms with E-state index in [2.05, 4.69) is 4.74 Å². The lowest BCUT2D eigenvalue weighted by Gasteiger charge is -2.24. The van der Waals surface area contributed by atoms with E-state index in [0.29, 0.717) is 0 Å². The molecule has 0 bridgehead atoms. The van der Waals surface area contributed by atoms with Crippen molar-refractivity contribution in [3.8, 4) is 0 Å². The van der Waals surface area contributed by atoms with Crippen LogP contribution in [0.25, 0.3) is 0 Å². The summed E-state index contributed by atoms with van der Waals surface area (Å²) in [6.45, 7) is 8.89. The number of hydrogen-bond donors (Lipinski definition) is 1. The topological polar surface area (TPSA) is 72.6 Å². The number of piperidine rings is 1. The molecule has 1 aliphatic heterocycles. The molecule has 17 heavy (non-hydrogen) atoms. The van der Waals surface area contributed by atoms with Gasteiger partial charge < -0.3 is 15.4 Å². The van der Waals surface area contributed by atoms with Crippen molar-refractivity contribution in [2.45, 2.75) is 52.6 Å². The van der Waals surface area contributed by atoms with Gasteiger partial charge >= 0.3 is 6.09 Å². The Balaban J connectivity index is 0.000000304. The second-order valence-corrected chi connectivity index (χ2v) is 5.10. The van der Waals surface area contributed by atoms with Crippen LogP contribution in [-0.4, -0.2) is 35.6 Å². The van der Waals surface area contributed by atoms with Gasteiger partial charge in [-0.15, -0.1) is 0 Å². The highest BCUT2D eigenvalue weighted by Gasteiger charge is 2.12. The van der Waals surface area contributed by atoms with Gasteiger partial charge in [-0.1, -0.05) is 0 Å². The Bertz CT molecular complexity index is 253. The van der Waals surface area contributed by atoms with Crippen molar-refractivity contribution < 1.29 is 14.3 Å². The molecular formula is C12H24N2O3. The van der Waals surface area contributed by atoms with Crippen LogP contribution in [0.2, 0.25) is 0 Å². The van der Waals surface area contributed by atoms with Gasteiger partial charge in [0.2, 0.25) is 5.91 Å². The molecule has 0 saturated carbocycles. The van der Waals surface area contributed by atoms with Gasteiger partial charge in [0.15, 0.2) is 0 Å². The van der Waals surface area contributed by atoms with Gasteiger partial charge in [-0.25, -0.2) is 4.79 Å². The van der Waals surface area contributed by atoms with Crippen LogP contribution in [0.15, 0.2) is 0 Å². The number of primary amides is 1. The predicted molar refractivity (Wildman–Crippen MR) is 66.5 cm³/mol. The van der Waals surface area contributed by atoms with Crippen LogP contribution in [0.4, 0.5) is 4.79 Å². The van der Waals surface area contributed by atoms with Crippen LogP contribution in [0.5, 0.6) is 0 Å². The molecule has 100 valence electrons. The third kappa shape index (κ3) is 9.66. The first-order valence-corrected chi connectivity index (χ1v) is 5.96. The van der Waals surface area contributed by atoms with Crippen molar-refractivity contribution in [2.24, 2.45) is 5.73 Å². The third-order valence-corrected chi connectivity index (χ3v) is 2.21. The zero-order valence-electron chi connectivity index (χ0n) is 11.3. The fraction of sp³-hybridized carbons (Fsp3) is 0.833. The van der Waals surface area contributed by atoms with Crippen molar-refractivity contribution in [1.82, 2.24) is 4.90 Å². The lowest BCUT2D eigenvalue weighted by Crippen LogP contribution is -2.33. The summed E-state index contributed by atoms with van der Waals surface area (Å²) < 4.78 is 4.58. The molecule has 0 aromatic carbocycles. The Kier molecular flexibility index (Phi) is 6.61. The maximum atomic E-state index is 10.7. The van der Waals surface area contributed by atoms with Gasteiger partial charge in [0.05, 0.1) is 0 Å². The molecule has 0 radical (unpaired) electrons. The first-order valence-electron chi connectivity index (χ1n) is 5.96. The maximum Gasteiger partial charge on any atom is 0.405 e. The van der Waals surface area contributed by atoms with E-state index in [4.69, 9.17) is 5.73 Å². The molecule has 1 saturated heterocycles. The second kappa shape index (κ2) is 7.14. The number of ether oxygens (including phenoxy) is 1. The molecule has 0 atom stereocenters. The summed E-state index contributed by atoms with van der Waals surface area (Å²) in [6.07, 6.45) is 2.96. The Hall–Kier alpha value is -1.26. The summed E-state index contributed by atoms with van der Waals surface area (Å²) in [5.41, 5.74) is 4.26. The van der Waals surface area contributed by atoms with Gasteiger partial charge in [-0.2, -0.15) is 0 Å². The monoisotopic (exact) mass is 244 g/mol. The lowest BCUT2D eigenvalue weighted by atomic mass is 10.1. The number of nitrogens with zero attached hydrogens (tertiary/aromatic N) is 1. The van der Waals surface area contributed by atoms with Crippen LogP contribution in [0, 0.1) is 0 Å². The smallest absolute Gasteiger partial charge is 0.405 e. The maximum absolute atomic E-state index is 10.7. The molecule has 1 fully saturated rings. The Morgan fingerprint density at radius 2 is 1.59 bits per heavy atom. The van der Waals surface area contributed by atoms with E-state index in [1.54, 1.807) is 27.7 Å². The summed E-state index contributed by atoms with van der Waals surface area (Å²) in [6, 6.07) is 0. The standard InChI is InChI=1S/C7H13NO.C5H11NO2/c1-7(9)8-5-3-2-4-6-8;1-5(2,3)8-4(6)7/h2-6H2,1H3;1-3H3,(H2,6,7). The van der Waals surface area contributed by atoms with E-state index >= 15 is 0 Å². The van der Waals surface area contributed by atoms with Gasteiger partial charge in [0.1, 0.15) is 5.60 Å². The molecule has 2 amide bonds. The first-order chi connectivity index (χ1) is 7.72. The average Bonchev–Trinajstić information content (AvgIpc) is 2.16. The van der Waals surface area contributed by atoms with Crippen LogP contribution >= 0.6 is 0 Å². The molecule has 0 aromatic rings. The minimum atomic E-state index is -0.725. The number of rotatable bonds is 0. The van der Waals surface area contributed by atoms with Crippen LogP contribution in [-0.2, 0) is 9.53 Å². The number of carbonyl (C=O) groups is 2. The Morgan fingerprint density at radius 1 is 1.12 bits per heavy atom. The molecule has 0 aromatic heterocycles. The molecule has 5 heteroatoms. The number of likely N-dealkylation sites (tertiary alicyclic amines) is 1. The normalized spacial score (nSPS) is 15.6. The van der Waals surface area contributed by atoms with E-state index in [1.807, 2.05) is 4.90 Å². The minimum absolute atomic E-state index is 0.231. The zero-order chi connectivity index (χ0) is 13.5. The molecule has 0 unspecified atom stereocenters. The van der Waals surface area contributed by atoms with Gasteiger partial charge in [-0.05, 0) is 40.0 Å². The highest BCUT2D eigenvalue weighted by Crippen LogP contribution is 2.07. The molecule has 1 heterocycles. The molecule has 1 aliphatic rings. The van der Waals surface area contributed by atoms with Crippen LogP contribution in [0.1, 0.15) is 47.0 Å². The summed E-state index contributed by atoms with van der Waals surface area (Å²) >= 11 is 0. The number of carbonyl (C=O) groups excluding carboxylic acids is 2. The van der Waals surface area contributed by atoms with Gasteiger partial charge in [-0.3, -0.25) is 4.79 Å². The van der Waals surface area contributed by atoms with E-state index in [9.17, 15) is 9.59 Å². The van der Waals surface area contributed by atoms with Crippen molar-refractivity contribution >= 4 is 12.0 Å². The molecule has 1 rings (SSSR count). The highest BCUT2D eigenvalue weighted by atomic mass is 16.6. The average molecular weight is 244 g/mol. The summed E-state index contributed by atoms with van der Waals surface area (Å²) in [7, 11) is 0. The summed E-state index contributed by atoms with van der Waals surface area (Å²) in [5.74, 6) is 0.231. The first kappa shape index (κ1) is 15.7. The Morgan fingerprint density at radius 3 is 1.76 bits per heavy atom. The summed E-state index contributed by atoms with van der Waals surface area (Å²) in [5, 5.41) is 0. The van der Waals surface area contributed by atoms with Crippen molar-refractivity contribution in [3.05, 3.63) is 0 Å².